The molecule has 3 aliphatic carbocycles. The van der Waals surface area contributed by atoms with Crippen LogP contribution in [0.25, 0.3) is 11.1 Å². The minimum absolute atomic E-state index is 0.0197. The minimum atomic E-state index is -0.759. The van der Waals surface area contributed by atoms with Crippen LogP contribution in [0.2, 0.25) is 0 Å². The Morgan fingerprint density at radius 2 is 1.94 bits per heavy atom. The van der Waals surface area contributed by atoms with Gasteiger partial charge in [-0.25, -0.2) is 13.8 Å². The Labute approximate surface area is 179 Å². The van der Waals surface area contributed by atoms with Crippen LogP contribution >= 0.6 is 0 Å². The molecule has 3 N–H and O–H groups in total. The highest BCUT2D eigenvalue weighted by Gasteiger charge is 2.57. The van der Waals surface area contributed by atoms with Gasteiger partial charge in [-0.2, -0.15) is 5.26 Å². The van der Waals surface area contributed by atoms with Crippen molar-refractivity contribution in [3.8, 4) is 17.2 Å². The summed E-state index contributed by atoms with van der Waals surface area (Å²) in [7, 11) is 0. The fourth-order valence-corrected chi connectivity index (χ4v) is 5.02. The van der Waals surface area contributed by atoms with Gasteiger partial charge < -0.3 is 16.0 Å². The average molecular weight is 423 g/mol. The number of aromatic nitrogens is 1. The second-order valence-electron chi connectivity index (χ2n) is 9.25. The molecule has 1 aliphatic heterocycles. The van der Waals surface area contributed by atoms with E-state index in [-0.39, 0.29) is 40.2 Å². The van der Waals surface area contributed by atoms with Crippen molar-refractivity contribution in [3.05, 3.63) is 47.3 Å². The first-order chi connectivity index (χ1) is 14.8. The van der Waals surface area contributed by atoms with Crippen LogP contribution in [-0.2, 0) is 0 Å². The van der Waals surface area contributed by atoms with Crippen molar-refractivity contribution in [2.45, 2.75) is 37.8 Å². The Balaban J connectivity index is 1.62. The van der Waals surface area contributed by atoms with Crippen LogP contribution in [0.3, 0.4) is 0 Å². The van der Waals surface area contributed by atoms with Gasteiger partial charge in [-0.1, -0.05) is 0 Å². The molecule has 1 aromatic carbocycles. The van der Waals surface area contributed by atoms with E-state index < -0.39 is 11.6 Å². The lowest BCUT2D eigenvalue weighted by Crippen LogP contribution is -2.68. The number of nitrogens with zero attached hydrogens (tertiary/aromatic N) is 3. The van der Waals surface area contributed by atoms with Crippen LogP contribution in [0.4, 0.5) is 14.5 Å². The molecule has 1 atom stereocenters. The molecule has 1 aromatic heterocycles. The largest absolute Gasteiger partial charge is 0.369 e. The molecule has 6 nitrogen and oxygen atoms in total. The van der Waals surface area contributed by atoms with Crippen molar-refractivity contribution in [1.29, 1.82) is 5.26 Å². The van der Waals surface area contributed by atoms with Gasteiger partial charge in [0.25, 0.3) is 5.91 Å². The Hall–Kier alpha value is -3.05. The second kappa shape index (κ2) is 6.99. The highest BCUT2D eigenvalue weighted by Crippen LogP contribution is 2.57. The number of carbonyl (C=O) groups excluding carboxylic acids is 1. The van der Waals surface area contributed by atoms with Gasteiger partial charge in [-0.05, 0) is 49.8 Å². The first-order valence-corrected chi connectivity index (χ1v) is 10.5. The zero-order chi connectivity index (χ0) is 21.9. The predicted octanol–water partition coefficient (Wildman–Crippen LogP) is 2.96. The molecule has 160 valence electrons. The Morgan fingerprint density at radius 1 is 1.29 bits per heavy atom. The highest BCUT2D eigenvalue weighted by molar-refractivity contribution is 6.04. The lowest BCUT2D eigenvalue weighted by molar-refractivity contribution is -0.0438. The monoisotopic (exact) mass is 423 g/mol. The van der Waals surface area contributed by atoms with Gasteiger partial charge in [0.2, 0.25) is 0 Å². The van der Waals surface area contributed by atoms with Gasteiger partial charge in [-0.3, -0.25) is 4.79 Å². The van der Waals surface area contributed by atoms with Gasteiger partial charge in [0, 0.05) is 48.4 Å². The van der Waals surface area contributed by atoms with Crippen molar-refractivity contribution in [2.75, 3.05) is 18.0 Å². The van der Waals surface area contributed by atoms with Crippen molar-refractivity contribution in [3.63, 3.8) is 0 Å². The molecule has 1 amide bonds. The van der Waals surface area contributed by atoms with E-state index in [1.54, 1.807) is 0 Å². The number of nitrogens with two attached hydrogens (primary N) is 1. The number of benzene rings is 1. The SMILES string of the molecule is CC(N)C1CN(c2c(C(=O)NC34CC(C3)C4)cnc(C#N)c2-c2cc(F)cc(F)c2)C1. The molecular formula is C23H23F2N5O. The molecule has 31 heavy (non-hydrogen) atoms. The van der Waals surface area contributed by atoms with E-state index >= 15 is 0 Å². The Kier molecular flexibility index (Phi) is 4.48. The number of halogens is 2. The van der Waals surface area contributed by atoms with Crippen LogP contribution in [-0.4, -0.2) is 35.6 Å². The van der Waals surface area contributed by atoms with Crippen LogP contribution in [0.5, 0.6) is 0 Å². The van der Waals surface area contributed by atoms with Crippen molar-refractivity contribution in [2.24, 2.45) is 17.6 Å². The maximum atomic E-state index is 14.0. The molecular weight excluding hydrogens is 400 g/mol. The van der Waals surface area contributed by atoms with Crippen LogP contribution in [0.1, 0.15) is 42.2 Å². The number of nitrogens with one attached hydrogen (secondary N) is 1. The third-order valence-electron chi connectivity index (χ3n) is 6.94. The fourth-order valence-electron chi connectivity index (χ4n) is 5.02. The standard InChI is InChI=1S/C23H23F2N5O/c1-12(27)15-10-30(11-15)21-18(22(31)29-23-5-13(6-23)7-23)9-28-19(8-26)20(21)14-2-16(24)4-17(25)3-14/h2-4,9,12-13,15H,5-7,10-11,27H2,1H3,(H,29,31). The summed E-state index contributed by atoms with van der Waals surface area (Å²) >= 11 is 0. The number of pyridine rings is 1. The molecule has 2 heterocycles. The summed E-state index contributed by atoms with van der Waals surface area (Å²) in [5, 5.41) is 12.8. The summed E-state index contributed by atoms with van der Waals surface area (Å²) in [6.45, 7) is 3.10. The average Bonchev–Trinajstić information content (AvgIpc) is 2.60. The molecule has 0 radical (unpaired) electrons. The topological polar surface area (TPSA) is 95.0 Å². The van der Waals surface area contributed by atoms with E-state index in [0.717, 1.165) is 37.5 Å². The van der Waals surface area contributed by atoms with Crippen molar-refractivity contribution in [1.82, 2.24) is 10.3 Å². The summed E-state index contributed by atoms with van der Waals surface area (Å²) in [5.74, 6) is -0.861. The lowest BCUT2D eigenvalue weighted by Gasteiger charge is -2.61. The maximum Gasteiger partial charge on any atom is 0.255 e. The van der Waals surface area contributed by atoms with E-state index in [2.05, 4.69) is 10.3 Å². The molecule has 2 bridgehead atoms. The molecule has 3 saturated carbocycles. The summed E-state index contributed by atoms with van der Waals surface area (Å²) in [6, 6.07) is 5.09. The first-order valence-electron chi connectivity index (χ1n) is 10.5. The van der Waals surface area contributed by atoms with E-state index in [1.807, 2.05) is 17.9 Å². The molecule has 1 saturated heterocycles. The van der Waals surface area contributed by atoms with Crippen LogP contribution < -0.4 is 16.0 Å². The van der Waals surface area contributed by atoms with Gasteiger partial charge in [0.05, 0.1) is 11.3 Å². The highest BCUT2D eigenvalue weighted by atomic mass is 19.1. The molecule has 2 aromatic rings. The Morgan fingerprint density at radius 3 is 2.45 bits per heavy atom. The number of rotatable bonds is 5. The van der Waals surface area contributed by atoms with E-state index in [1.165, 1.54) is 6.20 Å². The van der Waals surface area contributed by atoms with Gasteiger partial charge in [-0.15, -0.1) is 0 Å². The lowest BCUT2D eigenvalue weighted by atomic mass is 9.50. The quantitative estimate of drug-likeness (QED) is 0.771. The molecule has 1 unspecified atom stereocenters. The summed E-state index contributed by atoms with van der Waals surface area (Å²) in [5.41, 5.74) is 7.16. The molecule has 6 rings (SSSR count). The smallest absolute Gasteiger partial charge is 0.255 e. The van der Waals surface area contributed by atoms with Gasteiger partial charge in [0.15, 0.2) is 0 Å². The van der Waals surface area contributed by atoms with Crippen molar-refractivity contribution < 1.29 is 13.6 Å². The second-order valence-corrected chi connectivity index (χ2v) is 9.25. The van der Waals surface area contributed by atoms with Crippen molar-refractivity contribution >= 4 is 11.6 Å². The maximum absolute atomic E-state index is 14.0. The third kappa shape index (κ3) is 3.24. The molecule has 8 heteroatoms. The van der Waals surface area contributed by atoms with E-state index in [4.69, 9.17) is 5.73 Å². The Bertz CT molecular complexity index is 1080. The summed E-state index contributed by atoms with van der Waals surface area (Å²) in [4.78, 5) is 19.4. The zero-order valence-corrected chi connectivity index (χ0v) is 17.2. The number of hydrogen-bond acceptors (Lipinski definition) is 5. The zero-order valence-electron chi connectivity index (χ0n) is 17.2. The van der Waals surface area contributed by atoms with Gasteiger partial charge in [0.1, 0.15) is 23.4 Å². The number of hydrogen-bond donors (Lipinski definition) is 2. The number of carbonyl (C=O) groups is 1. The fraction of sp³-hybridized carbons (Fsp3) is 0.435. The normalized spacial score (nSPS) is 25.0. The number of nitriles is 1. The predicted molar refractivity (Wildman–Crippen MR) is 111 cm³/mol. The van der Waals surface area contributed by atoms with E-state index in [0.29, 0.717) is 30.3 Å². The van der Waals surface area contributed by atoms with Crippen LogP contribution in [0, 0.1) is 34.8 Å². The molecule has 4 aliphatic rings. The van der Waals surface area contributed by atoms with E-state index in [9.17, 15) is 18.8 Å². The van der Waals surface area contributed by atoms with Gasteiger partial charge >= 0.3 is 0 Å². The summed E-state index contributed by atoms with van der Waals surface area (Å²) in [6.07, 6.45) is 4.34. The first kappa shape index (κ1) is 19.9. The third-order valence-corrected chi connectivity index (χ3v) is 6.94. The summed E-state index contributed by atoms with van der Waals surface area (Å²) < 4.78 is 28.1. The van der Waals surface area contributed by atoms with Crippen LogP contribution in [0.15, 0.2) is 24.4 Å². The minimum Gasteiger partial charge on any atom is -0.369 e. The number of anilines is 1. The molecule has 0 spiro atoms. The number of amides is 1. The molecule has 4 fully saturated rings.